The number of carbonyl (C=O) groups is 1. The number of methoxy groups -OCH3 is 2. The lowest BCUT2D eigenvalue weighted by atomic mass is 10.2. The monoisotopic (exact) mass is 418 g/mol. The number of amides is 2. The van der Waals surface area contributed by atoms with E-state index in [-0.39, 0.29) is 0 Å². The zero-order valence-electron chi connectivity index (χ0n) is 17.1. The van der Waals surface area contributed by atoms with Crippen LogP contribution in [0.4, 0.5) is 16.3 Å². The van der Waals surface area contributed by atoms with Crippen molar-refractivity contribution < 1.29 is 19.0 Å². The predicted molar refractivity (Wildman–Crippen MR) is 119 cm³/mol. The first-order chi connectivity index (χ1) is 15.1. The Morgan fingerprint density at radius 2 is 1.65 bits per heavy atom. The van der Waals surface area contributed by atoms with E-state index in [0.29, 0.717) is 35.4 Å². The smallest absolute Gasteiger partial charge is 0.324 e. The molecular formula is C23H22N4O4. The second kappa shape index (κ2) is 9.08. The number of rotatable bonds is 7. The van der Waals surface area contributed by atoms with Crippen molar-refractivity contribution in [2.75, 3.05) is 24.9 Å². The lowest BCUT2D eigenvalue weighted by Gasteiger charge is -2.10. The molecule has 0 saturated carbocycles. The zero-order valence-corrected chi connectivity index (χ0v) is 17.1. The van der Waals surface area contributed by atoms with Gasteiger partial charge >= 0.3 is 6.03 Å². The second-order valence-electron chi connectivity index (χ2n) is 6.73. The van der Waals surface area contributed by atoms with E-state index in [4.69, 9.17) is 14.2 Å². The highest BCUT2D eigenvalue weighted by Gasteiger charge is 2.12. The molecule has 3 aromatic carbocycles. The SMILES string of the molecule is COc1cc(NC(=O)Nc2n[nH]c3cc(OCc4ccccc4)ccc23)cc(OC)c1. The summed E-state index contributed by atoms with van der Waals surface area (Å²) in [5, 5.41) is 13.4. The number of H-pyrrole nitrogens is 1. The maximum atomic E-state index is 12.5. The molecule has 4 rings (SSSR count). The molecule has 0 spiro atoms. The van der Waals surface area contributed by atoms with Crippen LogP contribution >= 0.6 is 0 Å². The average Bonchev–Trinajstić information content (AvgIpc) is 3.19. The molecule has 8 nitrogen and oxygen atoms in total. The van der Waals surface area contributed by atoms with Crippen LogP contribution in [0.2, 0.25) is 0 Å². The maximum absolute atomic E-state index is 12.5. The van der Waals surface area contributed by atoms with Gasteiger partial charge in [0.15, 0.2) is 5.82 Å². The van der Waals surface area contributed by atoms with Crippen LogP contribution in [0.3, 0.4) is 0 Å². The molecule has 1 aromatic heterocycles. The average molecular weight is 418 g/mol. The van der Waals surface area contributed by atoms with Gasteiger partial charge in [-0.3, -0.25) is 10.4 Å². The fraction of sp³-hybridized carbons (Fsp3) is 0.130. The number of nitrogens with zero attached hydrogens (tertiary/aromatic N) is 1. The molecule has 31 heavy (non-hydrogen) atoms. The van der Waals surface area contributed by atoms with Crippen molar-refractivity contribution in [1.82, 2.24) is 10.2 Å². The van der Waals surface area contributed by atoms with Crippen LogP contribution in [-0.2, 0) is 6.61 Å². The molecule has 0 unspecified atom stereocenters. The third kappa shape index (κ3) is 4.87. The Labute approximate surface area is 179 Å². The van der Waals surface area contributed by atoms with Gasteiger partial charge in [0.2, 0.25) is 0 Å². The molecule has 4 aromatic rings. The van der Waals surface area contributed by atoms with E-state index < -0.39 is 6.03 Å². The van der Waals surface area contributed by atoms with Gasteiger partial charge in [0.05, 0.1) is 19.7 Å². The van der Waals surface area contributed by atoms with Crippen molar-refractivity contribution in [3.8, 4) is 17.2 Å². The Kier molecular flexibility index (Phi) is 5.89. The number of hydrogen-bond donors (Lipinski definition) is 3. The minimum absolute atomic E-state index is 0.414. The summed E-state index contributed by atoms with van der Waals surface area (Å²) in [6.07, 6.45) is 0. The Bertz CT molecular complexity index is 1170. The van der Waals surface area contributed by atoms with Gasteiger partial charge in [0.25, 0.3) is 0 Å². The standard InChI is InChI=1S/C23H22N4O4/c1-29-18-10-16(11-19(12-18)30-2)24-23(28)25-22-20-9-8-17(13-21(20)26-27-22)31-14-15-6-4-3-5-7-15/h3-13H,14H2,1-2H3,(H3,24,25,26,27,28). The Morgan fingerprint density at radius 1 is 0.903 bits per heavy atom. The lowest BCUT2D eigenvalue weighted by molar-refractivity contribution is 0.262. The summed E-state index contributed by atoms with van der Waals surface area (Å²) in [5.74, 6) is 2.27. The molecule has 0 radical (unpaired) electrons. The third-order valence-corrected chi connectivity index (χ3v) is 4.62. The summed E-state index contributed by atoms with van der Waals surface area (Å²) in [6.45, 7) is 0.470. The quantitative estimate of drug-likeness (QED) is 0.400. The highest BCUT2D eigenvalue weighted by atomic mass is 16.5. The molecule has 0 bridgehead atoms. The first-order valence-corrected chi connectivity index (χ1v) is 9.60. The van der Waals surface area contributed by atoms with Crippen LogP contribution in [0.5, 0.6) is 17.2 Å². The molecule has 0 fully saturated rings. The number of anilines is 2. The first kappa shape index (κ1) is 20.1. The molecule has 8 heteroatoms. The third-order valence-electron chi connectivity index (χ3n) is 4.62. The van der Waals surface area contributed by atoms with Gasteiger partial charge in [-0.1, -0.05) is 30.3 Å². The van der Waals surface area contributed by atoms with Crippen LogP contribution in [0.15, 0.2) is 66.7 Å². The van der Waals surface area contributed by atoms with Crippen molar-refractivity contribution >= 4 is 28.4 Å². The topological polar surface area (TPSA) is 97.5 Å². The van der Waals surface area contributed by atoms with Crippen LogP contribution < -0.4 is 24.8 Å². The van der Waals surface area contributed by atoms with Crippen LogP contribution in [0, 0.1) is 0 Å². The molecule has 2 amide bonds. The van der Waals surface area contributed by atoms with E-state index in [0.717, 1.165) is 16.5 Å². The van der Waals surface area contributed by atoms with E-state index in [1.165, 1.54) is 0 Å². The van der Waals surface area contributed by atoms with Crippen molar-refractivity contribution in [3.05, 3.63) is 72.3 Å². The van der Waals surface area contributed by atoms with Gasteiger partial charge in [0, 0.05) is 35.3 Å². The number of nitrogens with one attached hydrogen (secondary N) is 3. The molecular weight excluding hydrogens is 396 g/mol. The number of urea groups is 1. The minimum Gasteiger partial charge on any atom is -0.497 e. The number of aromatic nitrogens is 2. The van der Waals surface area contributed by atoms with Crippen LogP contribution in [-0.4, -0.2) is 30.4 Å². The van der Waals surface area contributed by atoms with Gasteiger partial charge in [-0.05, 0) is 17.7 Å². The molecule has 0 aliphatic rings. The fourth-order valence-corrected chi connectivity index (χ4v) is 3.07. The summed E-state index contributed by atoms with van der Waals surface area (Å²) in [6, 6.07) is 20.2. The molecule has 0 aliphatic carbocycles. The van der Waals surface area contributed by atoms with Gasteiger partial charge in [0.1, 0.15) is 23.9 Å². The van der Waals surface area contributed by atoms with E-state index in [2.05, 4.69) is 20.8 Å². The number of fused-ring (bicyclic) bond motifs is 1. The van der Waals surface area contributed by atoms with Crippen LogP contribution in [0.25, 0.3) is 10.9 Å². The van der Waals surface area contributed by atoms with Crippen LogP contribution in [0.1, 0.15) is 5.56 Å². The highest BCUT2D eigenvalue weighted by Crippen LogP contribution is 2.27. The normalized spacial score (nSPS) is 10.5. The maximum Gasteiger partial charge on any atom is 0.324 e. The van der Waals surface area contributed by atoms with Crippen molar-refractivity contribution in [2.24, 2.45) is 0 Å². The van der Waals surface area contributed by atoms with E-state index in [9.17, 15) is 4.79 Å². The molecule has 0 saturated heterocycles. The van der Waals surface area contributed by atoms with E-state index >= 15 is 0 Å². The molecule has 3 N–H and O–H groups in total. The molecule has 158 valence electrons. The number of benzene rings is 3. The number of aromatic amines is 1. The number of hydrogen-bond acceptors (Lipinski definition) is 5. The predicted octanol–water partition coefficient (Wildman–Crippen LogP) is 4.80. The molecule has 0 atom stereocenters. The van der Waals surface area contributed by atoms with Gasteiger partial charge < -0.3 is 19.5 Å². The fourth-order valence-electron chi connectivity index (χ4n) is 3.07. The van der Waals surface area contributed by atoms with Crippen molar-refractivity contribution in [2.45, 2.75) is 6.61 Å². The molecule has 0 aliphatic heterocycles. The number of ether oxygens (including phenoxy) is 3. The Balaban J connectivity index is 1.43. The van der Waals surface area contributed by atoms with Gasteiger partial charge in [-0.25, -0.2) is 4.79 Å². The second-order valence-corrected chi connectivity index (χ2v) is 6.73. The van der Waals surface area contributed by atoms with Gasteiger partial charge in [-0.2, -0.15) is 5.10 Å². The summed E-state index contributed by atoms with van der Waals surface area (Å²) >= 11 is 0. The summed E-state index contributed by atoms with van der Waals surface area (Å²) in [5.41, 5.74) is 2.37. The van der Waals surface area contributed by atoms with E-state index in [1.54, 1.807) is 32.4 Å². The summed E-state index contributed by atoms with van der Waals surface area (Å²) < 4.78 is 16.3. The Hall–Kier alpha value is -4.20. The summed E-state index contributed by atoms with van der Waals surface area (Å²) in [7, 11) is 3.10. The van der Waals surface area contributed by atoms with Gasteiger partial charge in [-0.15, -0.1) is 0 Å². The van der Waals surface area contributed by atoms with E-state index in [1.807, 2.05) is 48.5 Å². The van der Waals surface area contributed by atoms with Crippen molar-refractivity contribution in [1.29, 1.82) is 0 Å². The minimum atomic E-state index is -0.437. The summed E-state index contributed by atoms with van der Waals surface area (Å²) in [4.78, 5) is 12.5. The highest BCUT2D eigenvalue weighted by molar-refractivity contribution is 6.04. The lowest BCUT2D eigenvalue weighted by Crippen LogP contribution is -2.19. The first-order valence-electron chi connectivity index (χ1n) is 9.60. The Morgan fingerprint density at radius 3 is 2.35 bits per heavy atom. The molecule has 1 heterocycles. The zero-order chi connectivity index (χ0) is 21.6. The largest absolute Gasteiger partial charge is 0.497 e. The number of carbonyl (C=O) groups excluding carboxylic acids is 1. The van der Waals surface area contributed by atoms with Crippen molar-refractivity contribution in [3.63, 3.8) is 0 Å².